The van der Waals surface area contributed by atoms with Gasteiger partial charge < -0.3 is 10.4 Å². The Hall–Kier alpha value is -0.860. The van der Waals surface area contributed by atoms with Crippen LogP contribution in [0.1, 0.15) is 28.7 Å². The van der Waals surface area contributed by atoms with Crippen molar-refractivity contribution in [2.24, 2.45) is 0 Å². The average molecular weight is 207 g/mol. The third kappa shape index (κ3) is 3.33. The normalized spacial score (nSPS) is 10.7. The lowest BCUT2D eigenvalue weighted by Crippen LogP contribution is -2.16. The fourth-order valence-electron chi connectivity index (χ4n) is 1.63. The average Bonchev–Trinajstić information content (AvgIpc) is 2.24. The summed E-state index contributed by atoms with van der Waals surface area (Å²) in [7, 11) is 0. The zero-order chi connectivity index (χ0) is 11.3. The Morgan fingerprint density at radius 3 is 2.53 bits per heavy atom. The highest BCUT2D eigenvalue weighted by Crippen LogP contribution is 2.16. The topological polar surface area (TPSA) is 32.3 Å². The molecule has 84 valence electrons. The molecular formula is C13H21NO. The molecule has 0 aliphatic carbocycles. The van der Waals surface area contributed by atoms with Crippen LogP contribution in [-0.2, 0) is 6.54 Å². The van der Waals surface area contributed by atoms with E-state index in [4.69, 9.17) is 5.11 Å². The van der Waals surface area contributed by atoms with Crippen molar-refractivity contribution in [3.8, 4) is 0 Å². The Bertz CT molecular complexity index is 321. The Balaban J connectivity index is 2.58. The highest BCUT2D eigenvalue weighted by atomic mass is 16.3. The van der Waals surface area contributed by atoms with Crippen molar-refractivity contribution in [2.45, 2.75) is 33.7 Å². The molecule has 0 saturated heterocycles. The van der Waals surface area contributed by atoms with Crippen LogP contribution in [0.2, 0.25) is 0 Å². The van der Waals surface area contributed by atoms with Crippen LogP contribution < -0.4 is 5.32 Å². The molecule has 1 rings (SSSR count). The molecule has 0 atom stereocenters. The Morgan fingerprint density at radius 1 is 1.13 bits per heavy atom. The van der Waals surface area contributed by atoms with Gasteiger partial charge in [0, 0.05) is 13.2 Å². The van der Waals surface area contributed by atoms with E-state index in [2.05, 4.69) is 38.2 Å². The minimum absolute atomic E-state index is 0.263. The molecule has 1 aromatic rings. The number of rotatable bonds is 5. The standard InChI is InChI=1S/C13H21NO/c1-10-5-6-13(12(3)11(10)2)9-14-7-4-8-15/h5-6,14-15H,4,7-9H2,1-3H3. The maximum absolute atomic E-state index is 8.66. The number of hydrogen-bond donors (Lipinski definition) is 2. The predicted molar refractivity (Wildman–Crippen MR) is 64.1 cm³/mol. The molecule has 2 nitrogen and oxygen atoms in total. The zero-order valence-corrected chi connectivity index (χ0v) is 9.93. The molecule has 2 heteroatoms. The maximum atomic E-state index is 8.66. The van der Waals surface area contributed by atoms with Crippen molar-refractivity contribution >= 4 is 0 Å². The van der Waals surface area contributed by atoms with Crippen LogP contribution in [0, 0.1) is 20.8 Å². The molecule has 0 aliphatic rings. The number of aliphatic hydroxyl groups excluding tert-OH is 1. The maximum Gasteiger partial charge on any atom is 0.0443 e. The Morgan fingerprint density at radius 2 is 1.87 bits per heavy atom. The lowest BCUT2D eigenvalue weighted by atomic mass is 9.99. The number of hydrogen-bond acceptors (Lipinski definition) is 2. The van der Waals surface area contributed by atoms with Gasteiger partial charge in [0.1, 0.15) is 0 Å². The molecule has 0 bridgehead atoms. The second kappa shape index (κ2) is 5.89. The monoisotopic (exact) mass is 207 g/mol. The van der Waals surface area contributed by atoms with Crippen LogP contribution in [0.3, 0.4) is 0 Å². The van der Waals surface area contributed by atoms with E-state index in [1.54, 1.807) is 0 Å². The summed E-state index contributed by atoms with van der Waals surface area (Å²) >= 11 is 0. The van der Waals surface area contributed by atoms with Gasteiger partial charge in [-0.15, -0.1) is 0 Å². The summed E-state index contributed by atoms with van der Waals surface area (Å²) in [5, 5.41) is 12.0. The Labute approximate surface area is 92.3 Å². The number of aryl methyl sites for hydroxylation is 1. The van der Waals surface area contributed by atoms with Gasteiger partial charge in [-0.2, -0.15) is 0 Å². The van der Waals surface area contributed by atoms with Crippen LogP contribution in [0.4, 0.5) is 0 Å². The van der Waals surface area contributed by atoms with Crippen molar-refractivity contribution in [1.29, 1.82) is 0 Å². The summed E-state index contributed by atoms with van der Waals surface area (Å²) in [4.78, 5) is 0. The van der Waals surface area contributed by atoms with Crippen molar-refractivity contribution in [3.05, 3.63) is 34.4 Å². The summed E-state index contributed by atoms with van der Waals surface area (Å²) in [6.07, 6.45) is 0.823. The minimum Gasteiger partial charge on any atom is -0.396 e. The SMILES string of the molecule is Cc1ccc(CNCCCO)c(C)c1C. The summed E-state index contributed by atoms with van der Waals surface area (Å²) in [5.41, 5.74) is 5.48. The first-order valence-corrected chi connectivity index (χ1v) is 5.54. The van der Waals surface area contributed by atoms with Gasteiger partial charge in [0.25, 0.3) is 0 Å². The van der Waals surface area contributed by atoms with E-state index >= 15 is 0 Å². The van der Waals surface area contributed by atoms with Crippen LogP contribution in [-0.4, -0.2) is 18.3 Å². The van der Waals surface area contributed by atoms with Gasteiger partial charge in [0.05, 0.1) is 0 Å². The second-order valence-corrected chi connectivity index (χ2v) is 4.05. The molecule has 0 saturated carbocycles. The van der Waals surface area contributed by atoms with E-state index in [9.17, 15) is 0 Å². The van der Waals surface area contributed by atoms with E-state index in [1.807, 2.05) is 0 Å². The van der Waals surface area contributed by atoms with Crippen molar-refractivity contribution in [1.82, 2.24) is 5.32 Å². The fourth-order valence-corrected chi connectivity index (χ4v) is 1.63. The van der Waals surface area contributed by atoms with Gasteiger partial charge in [0.15, 0.2) is 0 Å². The Kier molecular flexibility index (Phi) is 4.79. The molecule has 0 amide bonds. The number of nitrogens with one attached hydrogen (secondary N) is 1. The lowest BCUT2D eigenvalue weighted by Gasteiger charge is -2.11. The van der Waals surface area contributed by atoms with Crippen LogP contribution in [0.25, 0.3) is 0 Å². The molecule has 0 radical (unpaired) electrons. The highest BCUT2D eigenvalue weighted by molar-refractivity contribution is 5.38. The van der Waals surface area contributed by atoms with E-state index in [1.165, 1.54) is 22.3 Å². The van der Waals surface area contributed by atoms with Gasteiger partial charge in [-0.25, -0.2) is 0 Å². The molecule has 2 N–H and O–H groups in total. The largest absolute Gasteiger partial charge is 0.396 e. The smallest absolute Gasteiger partial charge is 0.0443 e. The molecule has 15 heavy (non-hydrogen) atoms. The molecule has 0 fully saturated rings. The number of aliphatic hydroxyl groups is 1. The third-order valence-corrected chi connectivity index (χ3v) is 3.00. The summed E-state index contributed by atoms with van der Waals surface area (Å²) in [5.74, 6) is 0. The van der Waals surface area contributed by atoms with Gasteiger partial charge >= 0.3 is 0 Å². The van der Waals surface area contributed by atoms with Crippen molar-refractivity contribution in [2.75, 3.05) is 13.2 Å². The molecule has 0 heterocycles. The summed E-state index contributed by atoms with van der Waals surface area (Å²) in [6, 6.07) is 4.36. The van der Waals surface area contributed by atoms with Crippen molar-refractivity contribution < 1.29 is 5.11 Å². The van der Waals surface area contributed by atoms with E-state index in [0.29, 0.717) is 0 Å². The van der Waals surface area contributed by atoms with Gasteiger partial charge in [0.2, 0.25) is 0 Å². The predicted octanol–water partition coefficient (Wildman–Crippen LogP) is 2.08. The van der Waals surface area contributed by atoms with Crippen LogP contribution in [0.5, 0.6) is 0 Å². The molecule has 0 unspecified atom stereocenters. The summed E-state index contributed by atoms with van der Waals surface area (Å²) < 4.78 is 0. The van der Waals surface area contributed by atoms with E-state index < -0.39 is 0 Å². The van der Waals surface area contributed by atoms with Gasteiger partial charge in [-0.05, 0) is 56.0 Å². The first kappa shape index (κ1) is 12.2. The van der Waals surface area contributed by atoms with Crippen LogP contribution >= 0.6 is 0 Å². The lowest BCUT2D eigenvalue weighted by molar-refractivity contribution is 0.286. The molecule has 1 aromatic carbocycles. The molecule has 0 aromatic heterocycles. The van der Waals surface area contributed by atoms with Crippen LogP contribution in [0.15, 0.2) is 12.1 Å². The quantitative estimate of drug-likeness (QED) is 0.725. The van der Waals surface area contributed by atoms with Gasteiger partial charge in [-0.3, -0.25) is 0 Å². The highest BCUT2D eigenvalue weighted by Gasteiger charge is 2.02. The molecular weight excluding hydrogens is 186 g/mol. The zero-order valence-electron chi connectivity index (χ0n) is 9.93. The first-order valence-electron chi connectivity index (χ1n) is 5.54. The second-order valence-electron chi connectivity index (χ2n) is 4.05. The number of benzene rings is 1. The van der Waals surface area contributed by atoms with Gasteiger partial charge in [-0.1, -0.05) is 12.1 Å². The minimum atomic E-state index is 0.263. The summed E-state index contributed by atoms with van der Waals surface area (Å²) in [6.45, 7) is 8.52. The van der Waals surface area contributed by atoms with E-state index in [-0.39, 0.29) is 6.61 Å². The third-order valence-electron chi connectivity index (χ3n) is 3.00. The van der Waals surface area contributed by atoms with Crippen molar-refractivity contribution in [3.63, 3.8) is 0 Å². The molecule has 0 aliphatic heterocycles. The molecule has 0 spiro atoms. The fraction of sp³-hybridized carbons (Fsp3) is 0.538. The first-order chi connectivity index (χ1) is 7.16. The van der Waals surface area contributed by atoms with E-state index in [0.717, 1.165) is 19.5 Å².